The van der Waals surface area contributed by atoms with Crippen LogP contribution >= 0.6 is 0 Å². The maximum atomic E-state index is 12.3. The summed E-state index contributed by atoms with van der Waals surface area (Å²) in [7, 11) is 0. The summed E-state index contributed by atoms with van der Waals surface area (Å²) in [6, 6.07) is 0.324. The Morgan fingerprint density at radius 2 is 1.94 bits per heavy atom. The van der Waals surface area contributed by atoms with Gasteiger partial charge in [-0.3, -0.25) is 4.79 Å². The van der Waals surface area contributed by atoms with Crippen LogP contribution in [0, 0.1) is 23.2 Å². The summed E-state index contributed by atoms with van der Waals surface area (Å²) < 4.78 is 0. The van der Waals surface area contributed by atoms with Gasteiger partial charge >= 0.3 is 0 Å². The summed E-state index contributed by atoms with van der Waals surface area (Å²) in [6.45, 7) is 0.407. The van der Waals surface area contributed by atoms with Crippen molar-refractivity contribution < 1.29 is 9.90 Å². The second-order valence-electron chi connectivity index (χ2n) is 6.31. The monoisotopic (exact) mass is 238 g/mol. The lowest BCUT2D eigenvalue weighted by molar-refractivity contribution is -0.148. The summed E-state index contributed by atoms with van der Waals surface area (Å²) in [5.74, 6) is 1.99. The third-order valence-electron chi connectivity index (χ3n) is 5.23. The van der Waals surface area contributed by atoms with Crippen LogP contribution in [0.15, 0.2) is 0 Å². The fraction of sp³-hybridized carbons (Fsp3) is 0.923. The molecule has 4 rings (SSSR count). The van der Waals surface area contributed by atoms with Crippen molar-refractivity contribution in [3.63, 3.8) is 0 Å². The third kappa shape index (κ3) is 1.69. The van der Waals surface area contributed by atoms with Crippen molar-refractivity contribution in [3.05, 3.63) is 0 Å². The van der Waals surface area contributed by atoms with Gasteiger partial charge in [0.05, 0.1) is 12.0 Å². The molecule has 4 nitrogen and oxygen atoms in total. The molecule has 4 heteroatoms. The zero-order valence-corrected chi connectivity index (χ0v) is 10.2. The predicted molar refractivity (Wildman–Crippen MR) is 64.1 cm³/mol. The fourth-order valence-electron chi connectivity index (χ4n) is 4.70. The van der Waals surface area contributed by atoms with Gasteiger partial charge in [-0.1, -0.05) is 0 Å². The van der Waals surface area contributed by atoms with Crippen molar-refractivity contribution in [1.29, 1.82) is 0 Å². The Hall–Kier alpha value is -0.610. The number of hydrogen-bond donors (Lipinski definition) is 3. The quantitative estimate of drug-likeness (QED) is 0.659. The molecule has 4 N–H and O–H groups in total. The van der Waals surface area contributed by atoms with Gasteiger partial charge in [0.2, 0.25) is 5.91 Å². The molecule has 4 fully saturated rings. The molecule has 0 saturated heterocycles. The highest BCUT2D eigenvalue weighted by atomic mass is 16.3. The molecular formula is C13H22N2O2. The minimum Gasteiger partial charge on any atom is -0.395 e. The van der Waals surface area contributed by atoms with Crippen LogP contribution in [0.5, 0.6) is 0 Å². The predicted octanol–water partition coefficient (Wildman–Crippen LogP) is 0.248. The number of nitrogens with one attached hydrogen (secondary N) is 1. The summed E-state index contributed by atoms with van der Waals surface area (Å²) in [4.78, 5) is 12.3. The molecule has 2 unspecified atom stereocenters. The molecule has 1 amide bonds. The van der Waals surface area contributed by atoms with Crippen LogP contribution in [-0.4, -0.2) is 30.2 Å². The minimum absolute atomic E-state index is 0.0254. The second kappa shape index (κ2) is 3.95. The molecule has 4 saturated carbocycles. The fourth-order valence-corrected chi connectivity index (χ4v) is 4.70. The number of carbonyl (C=O) groups excluding carboxylic acids is 1. The van der Waals surface area contributed by atoms with E-state index in [2.05, 4.69) is 5.32 Å². The Bertz CT molecular complexity index is 315. The van der Waals surface area contributed by atoms with Crippen molar-refractivity contribution in [2.24, 2.45) is 28.9 Å². The highest BCUT2D eigenvalue weighted by molar-refractivity contribution is 5.83. The topological polar surface area (TPSA) is 75.4 Å². The molecule has 0 aromatic heterocycles. The maximum Gasteiger partial charge on any atom is 0.226 e. The van der Waals surface area contributed by atoms with Gasteiger partial charge in [0.1, 0.15) is 0 Å². The van der Waals surface area contributed by atoms with E-state index in [1.54, 1.807) is 0 Å². The van der Waals surface area contributed by atoms with E-state index in [0.29, 0.717) is 30.3 Å². The largest absolute Gasteiger partial charge is 0.395 e. The van der Waals surface area contributed by atoms with Gasteiger partial charge in [-0.2, -0.15) is 0 Å². The Morgan fingerprint density at radius 3 is 2.53 bits per heavy atom. The van der Waals surface area contributed by atoms with Gasteiger partial charge in [-0.15, -0.1) is 0 Å². The number of amides is 1. The van der Waals surface area contributed by atoms with Crippen LogP contribution in [0.4, 0.5) is 0 Å². The van der Waals surface area contributed by atoms with Crippen LogP contribution in [0.2, 0.25) is 0 Å². The number of aliphatic hydroxyl groups excluding tert-OH is 1. The van der Waals surface area contributed by atoms with Gasteiger partial charge in [0.25, 0.3) is 0 Å². The van der Waals surface area contributed by atoms with Crippen LogP contribution in [0.25, 0.3) is 0 Å². The lowest BCUT2D eigenvalue weighted by Gasteiger charge is -2.58. The van der Waals surface area contributed by atoms with Gasteiger partial charge in [0, 0.05) is 12.6 Å². The molecule has 96 valence electrons. The van der Waals surface area contributed by atoms with E-state index in [1.807, 2.05) is 0 Å². The minimum atomic E-state index is -0.151. The highest BCUT2D eigenvalue weighted by Gasteiger charge is 2.57. The highest BCUT2D eigenvalue weighted by Crippen LogP contribution is 2.59. The summed E-state index contributed by atoms with van der Waals surface area (Å²) in [6.07, 6.45) is 5.44. The number of aliphatic hydroxyl groups is 1. The second-order valence-corrected chi connectivity index (χ2v) is 6.31. The molecule has 4 aliphatic rings. The number of rotatable bonds is 3. The van der Waals surface area contributed by atoms with Crippen LogP contribution in [0.1, 0.15) is 32.1 Å². The Kier molecular flexibility index (Phi) is 2.67. The maximum absolute atomic E-state index is 12.3. The summed E-state index contributed by atoms with van der Waals surface area (Å²) >= 11 is 0. The summed E-state index contributed by atoms with van der Waals surface area (Å²) in [5.41, 5.74) is 6.10. The van der Waals surface area contributed by atoms with E-state index in [0.717, 1.165) is 19.3 Å². The zero-order valence-electron chi connectivity index (χ0n) is 10.2. The normalized spacial score (nSPS) is 47.2. The average Bonchev–Trinajstić information content (AvgIpc) is 2.31. The molecular weight excluding hydrogens is 216 g/mol. The van der Waals surface area contributed by atoms with Crippen LogP contribution in [0.3, 0.4) is 0 Å². The molecule has 4 bridgehead atoms. The first kappa shape index (κ1) is 11.5. The standard InChI is InChI=1S/C13H22N2O2/c14-11-9-3-8-4-10(11)7-13(5-8,6-9)12(17)15-1-2-16/h8-11,16H,1-7,14H2,(H,15,17). The number of nitrogens with two attached hydrogens (primary N) is 1. The van der Waals surface area contributed by atoms with Crippen molar-refractivity contribution in [1.82, 2.24) is 5.32 Å². The van der Waals surface area contributed by atoms with Crippen molar-refractivity contribution in [2.45, 2.75) is 38.1 Å². The molecule has 0 heterocycles. The Morgan fingerprint density at radius 1 is 1.29 bits per heavy atom. The molecule has 0 radical (unpaired) electrons. The smallest absolute Gasteiger partial charge is 0.226 e. The van der Waals surface area contributed by atoms with E-state index >= 15 is 0 Å². The van der Waals surface area contributed by atoms with Crippen LogP contribution in [-0.2, 0) is 4.79 Å². The van der Waals surface area contributed by atoms with E-state index < -0.39 is 0 Å². The SMILES string of the molecule is NC1C2CC3CC1CC(C(=O)NCCO)(C3)C2. The molecule has 4 aliphatic carbocycles. The Balaban J connectivity index is 1.78. The number of hydrogen-bond acceptors (Lipinski definition) is 3. The van der Waals surface area contributed by atoms with E-state index in [1.165, 1.54) is 12.8 Å². The first-order valence-corrected chi connectivity index (χ1v) is 6.79. The molecule has 2 atom stereocenters. The molecule has 17 heavy (non-hydrogen) atoms. The van der Waals surface area contributed by atoms with Crippen LogP contribution < -0.4 is 11.1 Å². The summed E-state index contributed by atoms with van der Waals surface area (Å²) in [5, 5.41) is 11.7. The lowest BCUT2D eigenvalue weighted by Crippen LogP contribution is -2.60. The molecule has 0 spiro atoms. The zero-order chi connectivity index (χ0) is 12.0. The van der Waals surface area contributed by atoms with E-state index in [9.17, 15) is 4.79 Å². The van der Waals surface area contributed by atoms with Crippen molar-refractivity contribution in [3.8, 4) is 0 Å². The van der Waals surface area contributed by atoms with E-state index in [4.69, 9.17) is 10.8 Å². The number of carbonyl (C=O) groups is 1. The van der Waals surface area contributed by atoms with Crippen molar-refractivity contribution in [2.75, 3.05) is 13.2 Å². The first-order chi connectivity index (χ1) is 8.14. The van der Waals surface area contributed by atoms with Gasteiger partial charge in [0.15, 0.2) is 0 Å². The van der Waals surface area contributed by atoms with Gasteiger partial charge < -0.3 is 16.2 Å². The average molecular weight is 238 g/mol. The Labute approximate surface area is 102 Å². The van der Waals surface area contributed by atoms with Gasteiger partial charge in [-0.05, 0) is 49.9 Å². The van der Waals surface area contributed by atoms with E-state index in [-0.39, 0.29) is 17.9 Å². The lowest BCUT2D eigenvalue weighted by atomic mass is 9.48. The molecule has 0 aliphatic heterocycles. The first-order valence-electron chi connectivity index (χ1n) is 6.79. The molecule has 0 aromatic carbocycles. The third-order valence-corrected chi connectivity index (χ3v) is 5.23. The van der Waals surface area contributed by atoms with Gasteiger partial charge in [-0.25, -0.2) is 0 Å². The molecule has 0 aromatic rings. The van der Waals surface area contributed by atoms with Crippen molar-refractivity contribution >= 4 is 5.91 Å².